The van der Waals surface area contributed by atoms with E-state index in [1.54, 1.807) is 12.1 Å². The van der Waals surface area contributed by atoms with Crippen molar-refractivity contribution in [3.8, 4) is 0 Å². The molecule has 2 aliphatic rings. The van der Waals surface area contributed by atoms with Gasteiger partial charge in [0.1, 0.15) is 0 Å². The second-order valence-electron chi connectivity index (χ2n) is 9.22. The van der Waals surface area contributed by atoms with Gasteiger partial charge in [0.15, 0.2) is 5.16 Å². The van der Waals surface area contributed by atoms with Crippen molar-refractivity contribution in [2.75, 3.05) is 42.3 Å². The van der Waals surface area contributed by atoms with Gasteiger partial charge in [-0.1, -0.05) is 50.6 Å². The van der Waals surface area contributed by atoms with E-state index in [1.165, 1.54) is 11.8 Å². The van der Waals surface area contributed by atoms with Crippen LogP contribution >= 0.6 is 11.8 Å². The lowest BCUT2D eigenvalue weighted by molar-refractivity contribution is -0.113. The SMILES string of the molecule is CC(C)Cn1c(SCC(=O)Nc2ccccc2C(=O)NC2CCCC2)nnc1N1CCOCC1. The Morgan fingerprint density at radius 2 is 1.88 bits per heavy atom. The Morgan fingerprint density at radius 3 is 2.62 bits per heavy atom. The van der Waals surface area contributed by atoms with Crippen molar-refractivity contribution in [1.29, 1.82) is 0 Å². The van der Waals surface area contributed by atoms with E-state index >= 15 is 0 Å². The number of thioether (sulfide) groups is 1. The van der Waals surface area contributed by atoms with Gasteiger partial charge in [0, 0.05) is 25.7 Å². The molecular formula is C24H34N6O3S. The maximum atomic E-state index is 12.8. The fraction of sp³-hybridized carbons (Fsp3) is 0.583. The molecule has 10 heteroatoms. The number of nitrogens with zero attached hydrogens (tertiary/aromatic N) is 4. The van der Waals surface area contributed by atoms with Gasteiger partial charge in [0.2, 0.25) is 11.9 Å². The first kappa shape index (κ1) is 24.5. The predicted octanol–water partition coefficient (Wildman–Crippen LogP) is 3.17. The number of rotatable bonds is 9. The Balaban J connectivity index is 1.39. The number of nitrogens with one attached hydrogen (secondary N) is 2. The van der Waals surface area contributed by atoms with Crippen LogP contribution in [0.4, 0.5) is 11.6 Å². The normalized spacial score (nSPS) is 16.7. The number of carbonyl (C=O) groups excluding carboxylic acids is 2. The van der Waals surface area contributed by atoms with Crippen LogP contribution in [-0.4, -0.2) is 64.7 Å². The number of aromatic nitrogens is 3. The molecule has 184 valence electrons. The lowest BCUT2D eigenvalue weighted by atomic mass is 10.1. The Bertz CT molecular complexity index is 983. The van der Waals surface area contributed by atoms with Crippen molar-refractivity contribution >= 4 is 35.2 Å². The first-order valence-corrected chi connectivity index (χ1v) is 13.1. The molecule has 2 heterocycles. The maximum Gasteiger partial charge on any atom is 0.253 e. The number of amides is 2. The zero-order valence-corrected chi connectivity index (χ0v) is 20.8. The Hall–Kier alpha value is -2.59. The average Bonchev–Trinajstić information content (AvgIpc) is 3.48. The fourth-order valence-electron chi connectivity index (χ4n) is 4.35. The summed E-state index contributed by atoms with van der Waals surface area (Å²) in [7, 11) is 0. The zero-order valence-electron chi connectivity index (χ0n) is 20.0. The molecule has 0 spiro atoms. The first-order chi connectivity index (χ1) is 16.5. The molecule has 1 saturated carbocycles. The van der Waals surface area contributed by atoms with Gasteiger partial charge in [-0.15, -0.1) is 10.2 Å². The molecule has 2 aromatic rings. The van der Waals surface area contributed by atoms with Gasteiger partial charge in [-0.2, -0.15) is 0 Å². The molecule has 0 bridgehead atoms. The van der Waals surface area contributed by atoms with Crippen molar-refractivity contribution in [3.63, 3.8) is 0 Å². The van der Waals surface area contributed by atoms with Crippen LogP contribution in [-0.2, 0) is 16.1 Å². The summed E-state index contributed by atoms with van der Waals surface area (Å²) in [5.41, 5.74) is 1.02. The van der Waals surface area contributed by atoms with Gasteiger partial charge in [0.05, 0.1) is 30.2 Å². The van der Waals surface area contributed by atoms with Crippen molar-refractivity contribution in [1.82, 2.24) is 20.1 Å². The molecule has 2 N–H and O–H groups in total. The topological polar surface area (TPSA) is 101 Å². The minimum Gasteiger partial charge on any atom is -0.378 e. The monoisotopic (exact) mass is 486 g/mol. The van der Waals surface area contributed by atoms with Crippen molar-refractivity contribution in [3.05, 3.63) is 29.8 Å². The summed E-state index contributed by atoms with van der Waals surface area (Å²) in [6.45, 7) is 7.98. The third-order valence-corrected chi connectivity index (χ3v) is 6.97. The van der Waals surface area contributed by atoms with Crippen molar-refractivity contribution in [2.24, 2.45) is 5.92 Å². The van der Waals surface area contributed by atoms with Crippen LogP contribution in [0.1, 0.15) is 49.9 Å². The third kappa shape index (κ3) is 6.29. The Morgan fingerprint density at radius 1 is 1.15 bits per heavy atom. The minimum atomic E-state index is -0.182. The van der Waals surface area contributed by atoms with Crippen LogP contribution in [0.15, 0.2) is 29.4 Å². The van der Waals surface area contributed by atoms with Crippen LogP contribution in [0.25, 0.3) is 0 Å². The van der Waals surface area contributed by atoms with Gasteiger partial charge in [0.25, 0.3) is 5.91 Å². The summed E-state index contributed by atoms with van der Waals surface area (Å²) in [5, 5.41) is 15.5. The van der Waals surface area contributed by atoms with Gasteiger partial charge < -0.3 is 20.3 Å². The number of para-hydroxylation sites is 1. The molecule has 1 aromatic carbocycles. The molecule has 34 heavy (non-hydrogen) atoms. The molecule has 0 unspecified atom stereocenters. The summed E-state index contributed by atoms with van der Waals surface area (Å²) in [6.07, 6.45) is 4.32. The number of anilines is 2. The largest absolute Gasteiger partial charge is 0.378 e. The predicted molar refractivity (Wildman–Crippen MR) is 133 cm³/mol. The third-order valence-electron chi connectivity index (χ3n) is 6.01. The highest BCUT2D eigenvalue weighted by Gasteiger charge is 2.23. The van der Waals surface area contributed by atoms with Crippen LogP contribution in [0.2, 0.25) is 0 Å². The average molecular weight is 487 g/mol. The number of hydrogen-bond acceptors (Lipinski definition) is 7. The van der Waals surface area contributed by atoms with E-state index in [9.17, 15) is 9.59 Å². The summed E-state index contributed by atoms with van der Waals surface area (Å²) < 4.78 is 7.56. The molecule has 1 aliphatic carbocycles. The van der Waals surface area contributed by atoms with E-state index in [2.05, 4.69) is 44.1 Å². The molecule has 0 radical (unpaired) electrons. The molecule has 2 amide bonds. The van der Waals surface area contributed by atoms with E-state index in [-0.39, 0.29) is 23.6 Å². The van der Waals surface area contributed by atoms with Crippen LogP contribution < -0.4 is 15.5 Å². The van der Waals surface area contributed by atoms with E-state index < -0.39 is 0 Å². The van der Waals surface area contributed by atoms with Gasteiger partial charge in [-0.05, 0) is 30.9 Å². The lowest BCUT2D eigenvalue weighted by Gasteiger charge is -2.28. The Kier molecular flexibility index (Phi) is 8.44. The molecule has 0 atom stereocenters. The van der Waals surface area contributed by atoms with Crippen LogP contribution in [0.5, 0.6) is 0 Å². The molecule has 9 nitrogen and oxygen atoms in total. The molecule has 4 rings (SSSR count). The second kappa shape index (κ2) is 11.7. The summed E-state index contributed by atoms with van der Waals surface area (Å²) in [4.78, 5) is 27.8. The second-order valence-corrected chi connectivity index (χ2v) is 10.2. The molecule has 1 aromatic heterocycles. The fourth-order valence-corrected chi connectivity index (χ4v) is 5.09. The number of carbonyl (C=O) groups is 2. The zero-order chi connectivity index (χ0) is 23.9. The number of morpholine rings is 1. The molecule has 1 saturated heterocycles. The number of benzene rings is 1. The standard InChI is InChI=1S/C24H34N6O3S/c1-17(2)15-30-23(29-11-13-33-14-12-29)27-28-24(30)34-16-21(31)26-20-10-6-5-9-19(20)22(32)25-18-7-3-4-8-18/h5-6,9-10,17-18H,3-4,7-8,11-16H2,1-2H3,(H,25,32)(H,26,31). The van der Waals surface area contributed by atoms with Crippen LogP contribution in [0.3, 0.4) is 0 Å². The number of ether oxygens (including phenoxy) is 1. The lowest BCUT2D eigenvalue weighted by Crippen LogP contribution is -2.38. The molecule has 1 aliphatic heterocycles. The van der Waals surface area contributed by atoms with E-state index in [0.717, 1.165) is 56.4 Å². The summed E-state index contributed by atoms with van der Waals surface area (Å²) >= 11 is 1.36. The van der Waals surface area contributed by atoms with Gasteiger partial charge in [-0.25, -0.2) is 0 Å². The summed E-state index contributed by atoms with van der Waals surface area (Å²) in [6, 6.07) is 7.38. The van der Waals surface area contributed by atoms with Crippen molar-refractivity contribution in [2.45, 2.75) is 57.3 Å². The summed E-state index contributed by atoms with van der Waals surface area (Å²) in [5.74, 6) is 1.10. The van der Waals surface area contributed by atoms with Crippen LogP contribution in [0, 0.1) is 5.92 Å². The smallest absolute Gasteiger partial charge is 0.253 e. The first-order valence-electron chi connectivity index (χ1n) is 12.1. The van der Waals surface area contributed by atoms with E-state index in [0.29, 0.717) is 30.4 Å². The van der Waals surface area contributed by atoms with E-state index in [1.807, 2.05) is 12.1 Å². The highest BCUT2D eigenvalue weighted by molar-refractivity contribution is 7.99. The highest BCUT2D eigenvalue weighted by atomic mass is 32.2. The maximum absolute atomic E-state index is 12.8. The van der Waals surface area contributed by atoms with E-state index in [4.69, 9.17) is 4.74 Å². The van der Waals surface area contributed by atoms with Gasteiger partial charge in [-0.3, -0.25) is 14.2 Å². The molecule has 2 fully saturated rings. The Labute approximate surface area is 205 Å². The number of hydrogen-bond donors (Lipinski definition) is 2. The quantitative estimate of drug-likeness (QED) is 0.525. The highest BCUT2D eigenvalue weighted by Crippen LogP contribution is 2.25. The van der Waals surface area contributed by atoms with Gasteiger partial charge >= 0.3 is 0 Å². The molecular weight excluding hydrogens is 452 g/mol. The minimum absolute atomic E-state index is 0.137. The van der Waals surface area contributed by atoms with Crippen molar-refractivity contribution < 1.29 is 14.3 Å².